The van der Waals surface area contributed by atoms with Crippen LogP contribution >= 0.6 is 0 Å². The molecule has 2 aromatic rings. The minimum atomic E-state index is -0.763. The van der Waals surface area contributed by atoms with Crippen molar-refractivity contribution >= 4 is 17.4 Å². The molecule has 1 atom stereocenters. The summed E-state index contributed by atoms with van der Waals surface area (Å²) in [4.78, 5) is 27.2. The number of carbonyl (C=O) groups excluding carboxylic acids is 2. The van der Waals surface area contributed by atoms with Gasteiger partial charge >= 0.3 is 0 Å². The van der Waals surface area contributed by atoms with Crippen LogP contribution in [-0.2, 0) is 14.3 Å². The molecule has 29 heavy (non-hydrogen) atoms. The summed E-state index contributed by atoms with van der Waals surface area (Å²) >= 11 is 0. The number of para-hydroxylation sites is 1. The van der Waals surface area contributed by atoms with E-state index in [2.05, 4.69) is 0 Å². The number of aliphatic hydroxyl groups excluding tert-OH is 1. The number of nitrogens with zero attached hydrogens (tertiary/aromatic N) is 1. The molecule has 0 aliphatic carbocycles. The van der Waals surface area contributed by atoms with E-state index in [1.54, 1.807) is 12.1 Å². The molecule has 1 heterocycles. The summed E-state index contributed by atoms with van der Waals surface area (Å²) in [5.41, 5.74) is 2.99. The summed E-state index contributed by atoms with van der Waals surface area (Å²) in [6.45, 7) is 4.24. The molecule has 1 N–H and O–H groups in total. The highest BCUT2D eigenvalue weighted by Gasteiger charge is 2.46. The zero-order valence-electron chi connectivity index (χ0n) is 17.1. The van der Waals surface area contributed by atoms with Crippen molar-refractivity contribution in [3.63, 3.8) is 0 Å². The number of carbonyl (C=O) groups is 2. The van der Waals surface area contributed by atoms with E-state index < -0.39 is 17.7 Å². The fourth-order valence-corrected chi connectivity index (χ4v) is 3.65. The summed E-state index contributed by atoms with van der Waals surface area (Å²) in [6.07, 6.45) is 0. The highest BCUT2D eigenvalue weighted by Crippen LogP contribution is 2.42. The van der Waals surface area contributed by atoms with Gasteiger partial charge in [0.15, 0.2) is 0 Å². The average Bonchev–Trinajstić information content (AvgIpc) is 2.97. The zero-order valence-corrected chi connectivity index (χ0v) is 17.1. The van der Waals surface area contributed by atoms with Crippen molar-refractivity contribution in [2.75, 3.05) is 27.4 Å². The number of amides is 1. The Hall–Kier alpha value is -3.12. The number of hydrogen-bond donors (Lipinski definition) is 1. The van der Waals surface area contributed by atoms with Crippen molar-refractivity contribution < 1.29 is 24.2 Å². The van der Waals surface area contributed by atoms with Crippen molar-refractivity contribution in [3.8, 4) is 5.75 Å². The number of likely N-dealkylation sites (tertiary alicyclic amines) is 1. The Balaban J connectivity index is 2.25. The first kappa shape index (κ1) is 20.6. The Kier molecular flexibility index (Phi) is 6.03. The van der Waals surface area contributed by atoms with Crippen LogP contribution in [0.1, 0.15) is 28.3 Å². The molecule has 0 radical (unpaired) electrons. The van der Waals surface area contributed by atoms with Gasteiger partial charge in [-0.3, -0.25) is 9.59 Å². The smallest absolute Gasteiger partial charge is 0.295 e. The first-order valence-corrected chi connectivity index (χ1v) is 9.38. The fourth-order valence-electron chi connectivity index (χ4n) is 3.65. The van der Waals surface area contributed by atoms with Gasteiger partial charge in [-0.25, -0.2) is 0 Å². The number of benzene rings is 2. The van der Waals surface area contributed by atoms with Crippen molar-refractivity contribution in [1.82, 2.24) is 4.90 Å². The molecule has 2 aromatic carbocycles. The van der Waals surface area contributed by atoms with Gasteiger partial charge in [0, 0.05) is 24.8 Å². The topological polar surface area (TPSA) is 76.1 Å². The molecule has 3 rings (SSSR count). The number of ketones is 1. The van der Waals surface area contributed by atoms with Crippen LogP contribution in [0.2, 0.25) is 0 Å². The van der Waals surface area contributed by atoms with E-state index in [9.17, 15) is 14.7 Å². The second-order valence-electron chi connectivity index (χ2n) is 7.05. The van der Waals surface area contributed by atoms with Crippen LogP contribution in [-0.4, -0.2) is 49.1 Å². The first-order chi connectivity index (χ1) is 13.9. The summed E-state index contributed by atoms with van der Waals surface area (Å²) in [5.74, 6) is -1.02. The molecule has 1 aliphatic rings. The lowest BCUT2D eigenvalue weighted by molar-refractivity contribution is -0.140. The number of methoxy groups -OCH3 is 2. The third-order valence-electron chi connectivity index (χ3n) is 5.16. The number of ether oxygens (including phenoxy) is 2. The standard InChI is InChI=1S/C23H25NO5/c1-14-9-10-15(2)17(13-14)21(25)19-20(16-7-5-6-8-18(16)29-4)24(11-12-28-3)23(27)22(19)26/h5-10,13,20,25H,11-12H2,1-4H3/b21-19+. The van der Waals surface area contributed by atoms with Crippen molar-refractivity contribution in [1.29, 1.82) is 0 Å². The molecule has 1 saturated heterocycles. The third-order valence-corrected chi connectivity index (χ3v) is 5.16. The molecule has 0 spiro atoms. The molecule has 1 fully saturated rings. The molecule has 6 heteroatoms. The van der Waals surface area contributed by atoms with Gasteiger partial charge in [0.1, 0.15) is 11.5 Å². The number of aryl methyl sites for hydroxylation is 2. The van der Waals surface area contributed by atoms with Gasteiger partial charge in [0.2, 0.25) is 0 Å². The van der Waals surface area contributed by atoms with Crippen LogP contribution in [0.3, 0.4) is 0 Å². The maximum atomic E-state index is 13.0. The predicted octanol–water partition coefficient (Wildman–Crippen LogP) is 3.38. The summed E-state index contributed by atoms with van der Waals surface area (Å²) < 4.78 is 10.6. The minimum absolute atomic E-state index is 0.0595. The normalized spacial score (nSPS) is 18.3. The Morgan fingerprint density at radius 3 is 2.52 bits per heavy atom. The lowest BCUT2D eigenvalue weighted by Crippen LogP contribution is -2.32. The van der Waals surface area contributed by atoms with Crippen LogP contribution in [0.25, 0.3) is 5.76 Å². The summed E-state index contributed by atoms with van der Waals surface area (Å²) in [5, 5.41) is 11.2. The second-order valence-corrected chi connectivity index (χ2v) is 7.05. The molecular weight excluding hydrogens is 370 g/mol. The molecular formula is C23H25NO5. The number of rotatable bonds is 6. The van der Waals surface area contributed by atoms with Gasteiger partial charge in [-0.15, -0.1) is 0 Å². The van der Waals surface area contributed by atoms with E-state index in [0.29, 0.717) is 16.9 Å². The lowest BCUT2D eigenvalue weighted by Gasteiger charge is -2.26. The summed E-state index contributed by atoms with van der Waals surface area (Å²) in [7, 11) is 3.07. The highest BCUT2D eigenvalue weighted by atomic mass is 16.5. The number of hydrogen-bond acceptors (Lipinski definition) is 5. The Morgan fingerprint density at radius 1 is 1.10 bits per heavy atom. The van der Waals surface area contributed by atoms with Gasteiger partial charge in [0.05, 0.1) is 25.3 Å². The number of aliphatic hydroxyl groups is 1. The van der Waals surface area contributed by atoms with E-state index in [4.69, 9.17) is 9.47 Å². The van der Waals surface area contributed by atoms with Crippen molar-refractivity contribution in [2.45, 2.75) is 19.9 Å². The number of Topliss-reactive ketones (excluding diaryl/α,β-unsaturated/α-hetero) is 1. The first-order valence-electron chi connectivity index (χ1n) is 9.38. The lowest BCUT2D eigenvalue weighted by atomic mass is 9.93. The average molecular weight is 395 g/mol. The molecule has 0 saturated carbocycles. The molecule has 1 amide bonds. The second kappa shape index (κ2) is 8.49. The Morgan fingerprint density at radius 2 is 1.83 bits per heavy atom. The Labute approximate surface area is 170 Å². The van der Waals surface area contributed by atoms with Crippen molar-refractivity contribution in [2.24, 2.45) is 0 Å². The monoisotopic (exact) mass is 395 g/mol. The molecule has 6 nitrogen and oxygen atoms in total. The summed E-state index contributed by atoms with van der Waals surface area (Å²) in [6, 6.07) is 12.0. The molecule has 0 aromatic heterocycles. The van der Waals surface area contributed by atoms with Crippen molar-refractivity contribution in [3.05, 3.63) is 70.3 Å². The van der Waals surface area contributed by atoms with E-state index in [1.165, 1.54) is 19.1 Å². The van der Waals surface area contributed by atoms with Crippen LogP contribution in [0.15, 0.2) is 48.0 Å². The third kappa shape index (κ3) is 3.76. The van der Waals surface area contributed by atoms with Gasteiger partial charge in [-0.2, -0.15) is 0 Å². The Bertz CT molecular complexity index is 979. The van der Waals surface area contributed by atoms with Gasteiger partial charge < -0.3 is 19.5 Å². The van der Waals surface area contributed by atoms with Crippen LogP contribution in [0.5, 0.6) is 5.75 Å². The van der Waals surface area contributed by atoms with Gasteiger partial charge in [-0.05, 0) is 31.5 Å². The fraction of sp³-hybridized carbons (Fsp3) is 0.304. The highest BCUT2D eigenvalue weighted by molar-refractivity contribution is 6.46. The van der Waals surface area contributed by atoms with Gasteiger partial charge in [0.25, 0.3) is 11.7 Å². The van der Waals surface area contributed by atoms with E-state index in [-0.39, 0.29) is 24.5 Å². The largest absolute Gasteiger partial charge is 0.507 e. The van der Waals surface area contributed by atoms with E-state index in [0.717, 1.165) is 11.1 Å². The van der Waals surface area contributed by atoms with Gasteiger partial charge in [-0.1, -0.05) is 35.9 Å². The molecule has 0 bridgehead atoms. The van der Waals surface area contributed by atoms with Crippen LogP contribution < -0.4 is 4.74 Å². The van der Waals surface area contributed by atoms with E-state index in [1.807, 2.05) is 44.2 Å². The quantitative estimate of drug-likeness (QED) is 0.461. The van der Waals surface area contributed by atoms with Crippen LogP contribution in [0.4, 0.5) is 0 Å². The maximum Gasteiger partial charge on any atom is 0.295 e. The van der Waals surface area contributed by atoms with Crippen LogP contribution in [0, 0.1) is 13.8 Å². The zero-order chi connectivity index (χ0) is 21.1. The predicted molar refractivity (Wildman–Crippen MR) is 110 cm³/mol. The minimum Gasteiger partial charge on any atom is -0.507 e. The molecule has 152 valence electrons. The molecule has 1 aliphatic heterocycles. The maximum absolute atomic E-state index is 13.0. The van der Waals surface area contributed by atoms with E-state index >= 15 is 0 Å². The SMILES string of the molecule is COCCN1C(=O)C(=O)/C(=C(/O)c2cc(C)ccc2C)C1c1ccccc1OC. The molecule has 1 unspecified atom stereocenters.